The quantitative estimate of drug-likeness (QED) is 0.707. The van der Waals surface area contributed by atoms with E-state index in [4.69, 9.17) is 9.47 Å². The number of aliphatic imine (C=N–C) groups is 2. The van der Waals surface area contributed by atoms with Crippen LogP contribution in [0.4, 0.5) is 0 Å². The number of benzene rings is 2. The van der Waals surface area contributed by atoms with Gasteiger partial charge < -0.3 is 20.1 Å². The molecule has 2 N–H and O–H groups in total. The van der Waals surface area contributed by atoms with Gasteiger partial charge in [0.15, 0.2) is 0 Å². The van der Waals surface area contributed by atoms with Gasteiger partial charge in [-0.1, -0.05) is 50.2 Å². The fourth-order valence-corrected chi connectivity index (χ4v) is 3.25. The molecule has 0 atom stereocenters. The van der Waals surface area contributed by atoms with Crippen LogP contribution in [0.15, 0.2) is 64.6 Å². The van der Waals surface area contributed by atoms with Crippen molar-refractivity contribution in [3.63, 3.8) is 0 Å². The van der Waals surface area contributed by atoms with Gasteiger partial charge in [0.25, 0.3) is 0 Å². The summed E-state index contributed by atoms with van der Waals surface area (Å²) in [5, 5.41) is 6.37. The first-order chi connectivity index (χ1) is 15.4. The summed E-state index contributed by atoms with van der Waals surface area (Å²) >= 11 is 0. The predicted octanol–water partition coefficient (Wildman–Crippen LogP) is 4.04. The van der Waals surface area contributed by atoms with E-state index in [1.54, 1.807) is 0 Å². The molecule has 1 fully saturated rings. The summed E-state index contributed by atoms with van der Waals surface area (Å²) in [4.78, 5) is 8.55. The van der Waals surface area contributed by atoms with E-state index in [-0.39, 0.29) is 0 Å². The van der Waals surface area contributed by atoms with Crippen LogP contribution in [0.2, 0.25) is 0 Å². The van der Waals surface area contributed by atoms with Gasteiger partial charge in [-0.15, -0.1) is 0 Å². The van der Waals surface area contributed by atoms with Crippen molar-refractivity contribution in [2.24, 2.45) is 9.98 Å². The average Bonchev–Trinajstić information content (AvgIpc) is 3.30. The van der Waals surface area contributed by atoms with E-state index >= 15 is 0 Å². The molecule has 2 heterocycles. The third-order valence-corrected chi connectivity index (χ3v) is 4.91. The Kier molecular flexibility index (Phi) is 9.23. The number of amidine groups is 2. The van der Waals surface area contributed by atoms with Gasteiger partial charge in [-0.05, 0) is 42.5 Å². The maximum atomic E-state index is 5.83. The van der Waals surface area contributed by atoms with Crippen molar-refractivity contribution in [2.45, 2.75) is 32.6 Å². The number of nitrogens with zero attached hydrogens (tertiary/aromatic N) is 2. The molecule has 0 spiro atoms. The van der Waals surface area contributed by atoms with Crippen LogP contribution in [0.25, 0.3) is 0 Å². The van der Waals surface area contributed by atoms with Gasteiger partial charge in [0.2, 0.25) is 0 Å². The summed E-state index contributed by atoms with van der Waals surface area (Å²) in [6.45, 7) is 8.75. The molecule has 1 aliphatic carbocycles. The smallest absolute Gasteiger partial charge is 0.145 e. The standard InChI is InChI=1S/C13H16N2O.C10H12N2O.C2H6/c1-2-4-12(11(3-1)10-5-6-10)16-9-13-14-7-8-15-13;1-2-4-9(5-3-1)13-8-10-11-6-7-12-10;1-2/h1-4,10H,5-9H2,(H,14,15);1-5H,6-8H2,(H,11,12);1-2H3. The Morgan fingerprint density at radius 2 is 1.35 bits per heavy atom. The van der Waals surface area contributed by atoms with E-state index in [1.807, 2.05) is 50.2 Å². The fraction of sp³-hybridized carbons (Fsp3) is 0.440. The molecular weight excluding hydrogens is 388 g/mol. The lowest BCUT2D eigenvalue weighted by Crippen LogP contribution is -2.25. The Bertz CT molecular complexity index is 848. The number of nitrogens with one attached hydrogen (secondary N) is 2. The predicted molar refractivity (Wildman–Crippen MR) is 128 cm³/mol. The van der Waals surface area contributed by atoms with Gasteiger partial charge in [0, 0.05) is 13.1 Å². The first kappa shape index (κ1) is 22.7. The van der Waals surface area contributed by atoms with Crippen LogP contribution in [0.1, 0.15) is 38.2 Å². The topological polar surface area (TPSA) is 67.2 Å². The largest absolute Gasteiger partial charge is 0.486 e. The van der Waals surface area contributed by atoms with Gasteiger partial charge >= 0.3 is 0 Å². The lowest BCUT2D eigenvalue weighted by Gasteiger charge is -2.10. The van der Waals surface area contributed by atoms with E-state index in [0.29, 0.717) is 13.2 Å². The molecule has 1 saturated carbocycles. The molecule has 5 rings (SSSR count). The van der Waals surface area contributed by atoms with Gasteiger partial charge in [-0.3, -0.25) is 9.98 Å². The highest BCUT2D eigenvalue weighted by atomic mass is 16.5. The number of rotatable bonds is 7. The summed E-state index contributed by atoms with van der Waals surface area (Å²) in [5.41, 5.74) is 1.36. The molecule has 0 amide bonds. The molecule has 2 aromatic carbocycles. The summed E-state index contributed by atoms with van der Waals surface area (Å²) in [7, 11) is 0. The maximum absolute atomic E-state index is 5.83. The van der Waals surface area contributed by atoms with Crippen LogP contribution >= 0.6 is 0 Å². The van der Waals surface area contributed by atoms with Crippen molar-refractivity contribution < 1.29 is 9.47 Å². The minimum Gasteiger partial charge on any atom is -0.486 e. The fourth-order valence-electron chi connectivity index (χ4n) is 3.25. The normalized spacial score (nSPS) is 16.3. The lowest BCUT2D eigenvalue weighted by molar-refractivity contribution is 0.369. The molecule has 2 aliphatic heterocycles. The Morgan fingerprint density at radius 3 is 1.94 bits per heavy atom. The Labute approximate surface area is 185 Å². The lowest BCUT2D eigenvalue weighted by atomic mass is 10.1. The first-order valence-electron chi connectivity index (χ1n) is 11.3. The highest BCUT2D eigenvalue weighted by Crippen LogP contribution is 2.44. The zero-order chi connectivity index (χ0) is 21.7. The molecule has 0 aromatic heterocycles. The van der Waals surface area contributed by atoms with Gasteiger partial charge in [0.05, 0.1) is 13.1 Å². The monoisotopic (exact) mass is 422 g/mol. The van der Waals surface area contributed by atoms with Gasteiger partial charge in [0.1, 0.15) is 36.4 Å². The van der Waals surface area contributed by atoms with E-state index in [1.165, 1.54) is 18.4 Å². The van der Waals surface area contributed by atoms with Crippen molar-refractivity contribution in [1.82, 2.24) is 10.6 Å². The van der Waals surface area contributed by atoms with Crippen molar-refractivity contribution in [2.75, 3.05) is 39.4 Å². The molecule has 0 saturated heterocycles. The van der Waals surface area contributed by atoms with Crippen LogP contribution in [0, 0.1) is 0 Å². The minimum atomic E-state index is 0.546. The second-order valence-corrected chi connectivity index (χ2v) is 7.21. The van der Waals surface area contributed by atoms with Crippen LogP contribution < -0.4 is 20.1 Å². The summed E-state index contributed by atoms with van der Waals surface area (Å²) < 4.78 is 11.3. The van der Waals surface area contributed by atoms with E-state index in [0.717, 1.165) is 55.3 Å². The van der Waals surface area contributed by atoms with Gasteiger partial charge in [-0.25, -0.2) is 0 Å². The molecule has 3 aliphatic rings. The van der Waals surface area contributed by atoms with Crippen LogP contribution in [0.5, 0.6) is 11.5 Å². The van der Waals surface area contributed by atoms with E-state index < -0.39 is 0 Å². The third-order valence-electron chi connectivity index (χ3n) is 4.91. The third kappa shape index (κ3) is 7.63. The molecule has 2 aromatic rings. The molecule has 0 bridgehead atoms. The molecule has 166 valence electrons. The highest BCUT2D eigenvalue weighted by molar-refractivity contribution is 5.85. The second-order valence-electron chi connectivity index (χ2n) is 7.21. The summed E-state index contributed by atoms with van der Waals surface area (Å²) in [5.74, 6) is 4.57. The molecule has 6 heteroatoms. The van der Waals surface area contributed by atoms with Crippen LogP contribution in [-0.2, 0) is 0 Å². The van der Waals surface area contributed by atoms with Crippen LogP contribution in [0.3, 0.4) is 0 Å². The molecular formula is C25H34N4O2. The SMILES string of the molecule is CC.c1ccc(C2CC2)c(OCC2=NCCN2)c1.c1ccc(OCC2=NCCN2)cc1. The number of ether oxygens (including phenoxy) is 2. The van der Waals surface area contributed by atoms with Crippen molar-refractivity contribution in [1.29, 1.82) is 0 Å². The van der Waals surface area contributed by atoms with Gasteiger partial charge in [-0.2, -0.15) is 0 Å². The van der Waals surface area contributed by atoms with Crippen molar-refractivity contribution in [3.05, 3.63) is 60.2 Å². The molecule has 0 radical (unpaired) electrons. The number of hydrogen-bond donors (Lipinski definition) is 2. The maximum Gasteiger partial charge on any atom is 0.145 e. The first-order valence-corrected chi connectivity index (χ1v) is 11.3. The molecule has 31 heavy (non-hydrogen) atoms. The Morgan fingerprint density at radius 1 is 0.774 bits per heavy atom. The average molecular weight is 423 g/mol. The zero-order valence-corrected chi connectivity index (χ0v) is 18.6. The van der Waals surface area contributed by atoms with Crippen molar-refractivity contribution in [3.8, 4) is 11.5 Å². The van der Waals surface area contributed by atoms with E-state index in [9.17, 15) is 0 Å². The minimum absolute atomic E-state index is 0.546. The number of hydrogen-bond acceptors (Lipinski definition) is 6. The van der Waals surface area contributed by atoms with Crippen LogP contribution in [-0.4, -0.2) is 51.1 Å². The number of para-hydroxylation sites is 2. The molecule has 6 nitrogen and oxygen atoms in total. The summed E-state index contributed by atoms with van der Waals surface area (Å²) in [6.07, 6.45) is 2.61. The molecule has 0 unspecified atom stereocenters. The zero-order valence-electron chi connectivity index (χ0n) is 18.6. The second kappa shape index (κ2) is 12.6. The highest BCUT2D eigenvalue weighted by Gasteiger charge is 2.26. The van der Waals surface area contributed by atoms with Crippen molar-refractivity contribution >= 4 is 11.7 Å². The van der Waals surface area contributed by atoms with E-state index in [2.05, 4.69) is 38.8 Å². The summed E-state index contributed by atoms with van der Waals surface area (Å²) in [6, 6.07) is 18.1. The Balaban J connectivity index is 0.000000166. The Hall–Kier alpha value is -3.02.